The molecule has 1 unspecified atom stereocenters. The molecule has 22 heavy (non-hydrogen) atoms. The second kappa shape index (κ2) is 5.73. The van der Waals surface area contributed by atoms with Crippen LogP contribution >= 0.6 is 11.6 Å². The Morgan fingerprint density at radius 1 is 1.36 bits per heavy atom. The summed E-state index contributed by atoms with van der Waals surface area (Å²) < 4.78 is 10.4. The van der Waals surface area contributed by atoms with Gasteiger partial charge in [-0.3, -0.25) is 9.59 Å². The first-order valence-corrected chi connectivity index (χ1v) is 7.03. The Labute approximate surface area is 131 Å². The monoisotopic (exact) mass is 320 g/mol. The highest BCUT2D eigenvalue weighted by Crippen LogP contribution is 2.30. The number of anilines is 1. The average molecular weight is 321 g/mol. The molecule has 2 heterocycles. The standard InChI is InChI=1S/C15H13ClN2O4/c1-8(17-15(20)12-4-5-13(16)22-12)9-2-3-11-10(6-9)18-14(19)7-21-11/h2-6,8H,7H2,1H3,(H,17,20)(H,18,19). The number of hydrogen-bond acceptors (Lipinski definition) is 4. The van der Waals surface area contributed by atoms with Crippen molar-refractivity contribution in [2.24, 2.45) is 0 Å². The van der Waals surface area contributed by atoms with Gasteiger partial charge < -0.3 is 19.8 Å². The zero-order valence-corrected chi connectivity index (χ0v) is 12.4. The molecule has 1 aliphatic rings. The molecular weight excluding hydrogens is 308 g/mol. The van der Waals surface area contributed by atoms with Crippen LogP contribution in [0, 0.1) is 0 Å². The number of ether oxygens (including phenoxy) is 1. The number of benzene rings is 1. The molecule has 2 N–H and O–H groups in total. The SMILES string of the molecule is CC(NC(=O)c1ccc(Cl)o1)c1ccc2c(c1)NC(=O)CO2. The van der Waals surface area contributed by atoms with E-state index in [4.69, 9.17) is 20.8 Å². The van der Waals surface area contributed by atoms with Crippen molar-refractivity contribution < 1.29 is 18.7 Å². The van der Waals surface area contributed by atoms with Crippen molar-refractivity contribution in [2.75, 3.05) is 11.9 Å². The summed E-state index contributed by atoms with van der Waals surface area (Å²) in [4.78, 5) is 23.4. The number of fused-ring (bicyclic) bond motifs is 1. The fraction of sp³-hybridized carbons (Fsp3) is 0.200. The van der Waals surface area contributed by atoms with Crippen LogP contribution < -0.4 is 15.4 Å². The van der Waals surface area contributed by atoms with Crippen molar-refractivity contribution in [2.45, 2.75) is 13.0 Å². The molecule has 0 bridgehead atoms. The van der Waals surface area contributed by atoms with Crippen LogP contribution in [0.25, 0.3) is 0 Å². The van der Waals surface area contributed by atoms with Crippen LogP contribution in [-0.2, 0) is 4.79 Å². The summed E-state index contributed by atoms with van der Waals surface area (Å²) in [6, 6.07) is 8.10. The molecule has 1 atom stereocenters. The number of hydrogen-bond donors (Lipinski definition) is 2. The summed E-state index contributed by atoms with van der Waals surface area (Å²) in [5, 5.41) is 5.69. The lowest BCUT2D eigenvalue weighted by Gasteiger charge is -2.20. The van der Waals surface area contributed by atoms with E-state index in [2.05, 4.69) is 10.6 Å². The highest BCUT2D eigenvalue weighted by atomic mass is 35.5. The minimum absolute atomic E-state index is 0.0118. The first-order chi connectivity index (χ1) is 10.5. The lowest BCUT2D eigenvalue weighted by Crippen LogP contribution is -2.28. The van der Waals surface area contributed by atoms with Crippen LogP contribution in [-0.4, -0.2) is 18.4 Å². The van der Waals surface area contributed by atoms with Gasteiger partial charge in [-0.15, -0.1) is 0 Å². The van der Waals surface area contributed by atoms with E-state index in [1.54, 1.807) is 12.1 Å². The minimum atomic E-state index is -0.364. The molecular formula is C15H13ClN2O4. The second-order valence-electron chi connectivity index (χ2n) is 4.89. The lowest BCUT2D eigenvalue weighted by atomic mass is 10.1. The Morgan fingerprint density at radius 2 is 2.18 bits per heavy atom. The Kier molecular flexibility index (Phi) is 3.77. The van der Waals surface area contributed by atoms with Gasteiger partial charge >= 0.3 is 0 Å². The fourth-order valence-electron chi connectivity index (χ4n) is 2.16. The highest BCUT2D eigenvalue weighted by molar-refractivity contribution is 6.29. The molecule has 2 aromatic rings. The van der Waals surface area contributed by atoms with Crippen LogP contribution in [0.1, 0.15) is 29.1 Å². The summed E-state index contributed by atoms with van der Waals surface area (Å²) in [5.74, 6) is 0.190. The van der Waals surface area contributed by atoms with Crippen LogP contribution in [0.4, 0.5) is 5.69 Å². The molecule has 0 fully saturated rings. The van der Waals surface area contributed by atoms with Crippen LogP contribution in [0.5, 0.6) is 5.75 Å². The molecule has 0 saturated heterocycles. The summed E-state index contributed by atoms with van der Waals surface area (Å²) in [5.41, 5.74) is 1.42. The quantitative estimate of drug-likeness (QED) is 0.911. The molecule has 6 nitrogen and oxygen atoms in total. The highest BCUT2D eigenvalue weighted by Gasteiger charge is 2.19. The van der Waals surface area contributed by atoms with Gasteiger partial charge in [0.15, 0.2) is 17.6 Å². The van der Waals surface area contributed by atoms with Crippen molar-refractivity contribution in [3.05, 3.63) is 46.9 Å². The maximum absolute atomic E-state index is 12.0. The topological polar surface area (TPSA) is 80.6 Å². The molecule has 3 rings (SSSR count). The van der Waals surface area contributed by atoms with Gasteiger partial charge in [-0.2, -0.15) is 0 Å². The van der Waals surface area contributed by atoms with Gasteiger partial charge in [0, 0.05) is 0 Å². The molecule has 7 heteroatoms. The van der Waals surface area contributed by atoms with Gasteiger partial charge in [0.05, 0.1) is 11.7 Å². The van der Waals surface area contributed by atoms with Gasteiger partial charge in [-0.05, 0) is 48.4 Å². The number of rotatable bonds is 3. The number of amides is 2. The van der Waals surface area contributed by atoms with Crippen molar-refractivity contribution in [1.29, 1.82) is 0 Å². The van der Waals surface area contributed by atoms with E-state index in [1.807, 2.05) is 13.0 Å². The van der Waals surface area contributed by atoms with Crippen LogP contribution in [0.3, 0.4) is 0 Å². The summed E-state index contributed by atoms with van der Waals surface area (Å²) in [6.45, 7) is 1.84. The Bertz CT molecular complexity index is 741. The van der Waals surface area contributed by atoms with Gasteiger partial charge in [-0.25, -0.2) is 0 Å². The summed E-state index contributed by atoms with van der Waals surface area (Å²) in [7, 11) is 0. The van der Waals surface area contributed by atoms with E-state index >= 15 is 0 Å². The zero-order valence-electron chi connectivity index (χ0n) is 11.7. The van der Waals surface area contributed by atoms with Crippen LogP contribution in [0.2, 0.25) is 5.22 Å². The maximum Gasteiger partial charge on any atom is 0.287 e. The average Bonchev–Trinajstić information content (AvgIpc) is 2.93. The third-order valence-corrected chi connectivity index (χ3v) is 3.48. The molecule has 1 aromatic heterocycles. The molecule has 1 aromatic carbocycles. The Balaban J connectivity index is 1.75. The fourth-order valence-corrected chi connectivity index (χ4v) is 2.30. The Morgan fingerprint density at radius 3 is 2.91 bits per heavy atom. The number of furan rings is 1. The van der Waals surface area contributed by atoms with E-state index in [9.17, 15) is 9.59 Å². The lowest BCUT2D eigenvalue weighted by molar-refractivity contribution is -0.118. The second-order valence-corrected chi connectivity index (χ2v) is 5.26. The predicted molar refractivity (Wildman–Crippen MR) is 80.2 cm³/mol. The van der Waals surface area contributed by atoms with Crippen molar-refractivity contribution in [1.82, 2.24) is 5.32 Å². The van der Waals surface area contributed by atoms with Crippen molar-refractivity contribution in [3.8, 4) is 5.75 Å². The van der Waals surface area contributed by atoms with Gasteiger partial charge in [-0.1, -0.05) is 6.07 Å². The van der Waals surface area contributed by atoms with E-state index < -0.39 is 0 Å². The minimum Gasteiger partial charge on any atom is -0.482 e. The molecule has 0 aliphatic carbocycles. The van der Waals surface area contributed by atoms with E-state index in [1.165, 1.54) is 12.1 Å². The number of nitrogens with one attached hydrogen (secondary N) is 2. The van der Waals surface area contributed by atoms with Crippen molar-refractivity contribution in [3.63, 3.8) is 0 Å². The molecule has 2 amide bonds. The largest absolute Gasteiger partial charge is 0.482 e. The van der Waals surface area contributed by atoms with E-state index in [0.717, 1.165) is 5.56 Å². The van der Waals surface area contributed by atoms with Crippen LogP contribution in [0.15, 0.2) is 34.7 Å². The van der Waals surface area contributed by atoms with Crippen molar-refractivity contribution >= 4 is 29.1 Å². The third kappa shape index (κ3) is 2.92. The number of carbonyl (C=O) groups excluding carboxylic acids is 2. The predicted octanol–water partition coefficient (Wildman–Crippen LogP) is 2.75. The normalized spacial score (nSPS) is 14.5. The molecule has 0 spiro atoms. The molecule has 0 radical (unpaired) electrons. The number of halogens is 1. The zero-order chi connectivity index (χ0) is 15.7. The molecule has 114 valence electrons. The summed E-state index contributed by atoms with van der Waals surface area (Å²) >= 11 is 5.65. The maximum atomic E-state index is 12.0. The smallest absolute Gasteiger partial charge is 0.287 e. The number of carbonyl (C=O) groups is 2. The van der Waals surface area contributed by atoms with E-state index in [0.29, 0.717) is 11.4 Å². The van der Waals surface area contributed by atoms with Gasteiger partial charge in [0.1, 0.15) is 5.75 Å². The first-order valence-electron chi connectivity index (χ1n) is 6.66. The molecule has 1 aliphatic heterocycles. The summed E-state index contributed by atoms with van der Waals surface area (Å²) in [6.07, 6.45) is 0. The van der Waals surface area contributed by atoms with Gasteiger partial charge in [0.2, 0.25) is 0 Å². The van der Waals surface area contributed by atoms with Gasteiger partial charge in [0.25, 0.3) is 11.8 Å². The first kappa shape index (κ1) is 14.5. The van der Waals surface area contributed by atoms with E-state index in [-0.39, 0.29) is 35.4 Å². The molecule has 0 saturated carbocycles. The third-order valence-electron chi connectivity index (χ3n) is 3.28. The Hall–Kier alpha value is -2.47.